The number of aryl methyl sites for hydroxylation is 1. The number of hydrogen-bond donors (Lipinski definition) is 0. The normalized spacial score (nSPS) is 20.4. The Morgan fingerprint density at radius 1 is 0.926 bits per heavy atom. The van der Waals surface area contributed by atoms with Crippen molar-refractivity contribution in [3.05, 3.63) is 65.2 Å². The zero-order valence-electron chi connectivity index (χ0n) is 16.1. The average Bonchev–Trinajstić information content (AvgIpc) is 2.69. The Morgan fingerprint density at radius 3 is 2.11 bits per heavy atom. The molecule has 3 rings (SSSR count). The summed E-state index contributed by atoms with van der Waals surface area (Å²) in [6, 6.07) is 13.5. The molecule has 0 radical (unpaired) electrons. The van der Waals surface area contributed by atoms with E-state index in [9.17, 15) is 8.78 Å². The number of halogens is 2. The van der Waals surface area contributed by atoms with E-state index < -0.39 is 6.11 Å². The topological polar surface area (TPSA) is 18.5 Å². The molecule has 1 aliphatic rings. The van der Waals surface area contributed by atoms with Crippen LogP contribution in [0.4, 0.5) is 8.78 Å². The van der Waals surface area contributed by atoms with Crippen molar-refractivity contribution in [2.24, 2.45) is 0 Å². The molecule has 146 valence electrons. The number of ether oxygens (including phenoxy) is 2. The van der Waals surface area contributed by atoms with Crippen molar-refractivity contribution in [3.8, 4) is 5.75 Å². The highest BCUT2D eigenvalue weighted by atomic mass is 19.3. The van der Waals surface area contributed by atoms with Gasteiger partial charge >= 0.3 is 6.11 Å². The largest absolute Gasteiger partial charge is 0.429 e. The van der Waals surface area contributed by atoms with Gasteiger partial charge in [0, 0.05) is 7.11 Å². The molecular weight excluding hydrogens is 346 g/mol. The first-order valence-corrected chi connectivity index (χ1v) is 9.81. The van der Waals surface area contributed by atoms with Crippen molar-refractivity contribution < 1.29 is 18.3 Å². The van der Waals surface area contributed by atoms with Crippen molar-refractivity contribution >= 4 is 0 Å². The standard InChI is InChI=1S/C23H28F2O2/c1-3-4-17-5-11-20(12-6-17)23(24,25)27-22-15-9-19(10-16-22)18-7-13-21(26-2)14-8-18/h5-6,9-12,15-16,18,21H,3-4,7-8,13-14H2,1-2H3. The SMILES string of the molecule is CCCc1ccc(C(F)(F)Oc2ccc(C3CCC(OC)CC3)cc2)cc1. The van der Waals surface area contributed by atoms with Crippen LogP contribution in [0.15, 0.2) is 48.5 Å². The molecule has 0 heterocycles. The Balaban J connectivity index is 1.63. The average molecular weight is 374 g/mol. The number of alkyl halides is 2. The molecule has 0 aromatic heterocycles. The van der Waals surface area contributed by atoms with E-state index in [2.05, 4.69) is 6.92 Å². The third-order valence-corrected chi connectivity index (χ3v) is 5.43. The lowest BCUT2D eigenvalue weighted by Gasteiger charge is -2.28. The quantitative estimate of drug-likeness (QED) is 0.555. The maximum absolute atomic E-state index is 14.5. The minimum absolute atomic E-state index is 0.121. The second-order valence-corrected chi connectivity index (χ2v) is 7.34. The third-order valence-electron chi connectivity index (χ3n) is 5.43. The van der Waals surface area contributed by atoms with E-state index in [1.807, 2.05) is 12.1 Å². The fraction of sp³-hybridized carbons (Fsp3) is 0.478. The first-order valence-electron chi connectivity index (χ1n) is 9.81. The zero-order chi connectivity index (χ0) is 19.3. The molecular formula is C23H28F2O2. The van der Waals surface area contributed by atoms with Crippen molar-refractivity contribution in [3.63, 3.8) is 0 Å². The van der Waals surface area contributed by atoms with Crippen molar-refractivity contribution in [1.29, 1.82) is 0 Å². The van der Waals surface area contributed by atoms with E-state index in [1.54, 1.807) is 31.4 Å². The second-order valence-electron chi connectivity index (χ2n) is 7.34. The molecule has 4 heteroatoms. The van der Waals surface area contributed by atoms with Gasteiger partial charge in [-0.3, -0.25) is 0 Å². The van der Waals surface area contributed by atoms with Crippen LogP contribution in [0.25, 0.3) is 0 Å². The van der Waals surface area contributed by atoms with Gasteiger partial charge in [0.15, 0.2) is 0 Å². The lowest BCUT2D eigenvalue weighted by atomic mass is 9.83. The summed E-state index contributed by atoms with van der Waals surface area (Å²) in [5.74, 6) is 0.657. The van der Waals surface area contributed by atoms with Gasteiger partial charge in [-0.15, -0.1) is 0 Å². The minimum Gasteiger partial charge on any atom is -0.429 e. The summed E-state index contributed by atoms with van der Waals surface area (Å²) in [5, 5.41) is 0. The summed E-state index contributed by atoms with van der Waals surface area (Å²) < 4.78 is 39.3. The van der Waals surface area contributed by atoms with E-state index in [1.165, 1.54) is 17.7 Å². The Hall–Kier alpha value is -1.94. The molecule has 2 aromatic carbocycles. The summed E-state index contributed by atoms with van der Waals surface area (Å²) in [6.45, 7) is 2.07. The highest BCUT2D eigenvalue weighted by Gasteiger charge is 2.34. The highest BCUT2D eigenvalue weighted by Crippen LogP contribution is 2.36. The minimum atomic E-state index is -3.34. The van der Waals surface area contributed by atoms with Gasteiger partial charge in [0.2, 0.25) is 0 Å². The molecule has 1 fully saturated rings. The third kappa shape index (κ3) is 5.07. The van der Waals surface area contributed by atoms with Gasteiger partial charge in [-0.05, 0) is 73.4 Å². The number of rotatable bonds is 7. The molecule has 0 amide bonds. The summed E-state index contributed by atoms with van der Waals surface area (Å²) >= 11 is 0. The van der Waals surface area contributed by atoms with E-state index in [4.69, 9.17) is 9.47 Å². The highest BCUT2D eigenvalue weighted by molar-refractivity contribution is 5.31. The van der Waals surface area contributed by atoms with Gasteiger partial charge in [0.1, 0.15) is 5.75 Å². The van der Waals surface area contributed by atoms with Gasteiger partial charge in [-0.2, -0.15) is 8.78 Å². The summed E-state index contributed by atoms with van der Waals surface area (Å²) in [6.07, 6.45) is 3.12. The smallest absolute Gasteiger partial charge is 0.426 e. The Kier molecular flexibility index (Phi) is 6.48. The molecule has 1 aliphatic carbocycles. The summed E-state index contributed by atoms with van der Waals surface area (Å²) in [5.41, 5.74) is 2.12. The lowest BCUT2D eigenvalue weighted by molar-refractivity contribution is -0.185. The molecule has 2 aromatic rings. The van der Waals surface area contributed by atoms with Gasteiger partial charge < -0.3 is 9.47 Å². The van der Waals surface area contributed by atoms with Gasteiger partial charge in [-0.25, -0.2) is 0 Å². The van der Waals surface area contributed by atoms with Crippen LogP contribution in [-0.2, 0) is 17.3 Å². The van der Waals surface area contributed by atoms with E-state index in [0.29, 0.717) is 12.0 Å². The number of methoxy groups -OCH3 is 1. The first-order chi connectivity index (χ1) is 13.0. The van der Waals surface area contributed by atoms with Crippen LogP contribution in [0.5, 0.6) is 5.75 Å². The van der Waals surface area contributed by atoms with E-state index in [0.717, 1.165) is 44.1 Å². The molecule has 2 nitrogen and oxygen atoms in total. The molecule has 27 heavy (non-hydrogen) atoms. The molecule has 1 saturated carbocycles. The predicted octanol–water partition coefficient (Wildman–Crippen LogP) is 6.44. The second kappa shape index (κ2) is 8.83. The maximum atomic E-state index is 14.5. The van der Waals surface area contributed by atoms with Crippen LogP contribution in [0.2, 0.25) is 0 Å². The maximum Gasteiger partial charge on any atom is 0.426 e. The van der Waals surface area contributed by atoms with Crippen LogP contribution >= 0.6 is 0 Å². The van der Waals surface area contributed by atoms with Crippen molar-refractivity contribution in [2.45, 2.75) is 63.6 Å². The van der Waals surface area contributed by atoms with Crippen molar-refractivity contribution in [2.75, 3.05) is 7.11 Å². The fourth-order valence-corrected chi connectivity index (χ4v) is 3.80. The number of benzene rings is 2. The summed E-state index contributed by atoms with van der Waals surface area (Å²) in [7, 11) is 1.76. The van der Waals surface area contributed by atoms with Gasteiger partial charge in [-0.1, -0.05) is 37.6 Å². The van der Waals surface area contributed by atoms with Gasteiger partial charge in [0.25, 0.3) is 0 Å². The predicted molar refractivity (Wildman–Crippen MR) is 103 cm³/mol. The van der Waals surface area contributed by atoms with Crippen LogP contribution < -0.4 is 4.74 Å². The van der Waals surface area contributed by atoms with E-state index in [-0.39, 0.29) is 11.3 Å². The van der Waals surface area contributed by atoms with Crippen molar-refractivity contribution in [1.82, 2.24) is 0 Å². The Labute approximate surface area is 160 Å². The van der Waals surface area contributed by atoms with Crippen LogP contribution in [0.1, 0.15) is 61.6 Å². The van der Waals surface area contributed by atoms with Crippen LogP contribution in [0, 0.1) is 0 Å². The molecule has 0 N–H and O–H groups in total. The molecule has 0 spiro atoms. The molecule has 0 unspecified atom stereocenters. The molecule has 0 bridgehead atoms. The van der Waals surface area contributed by atoms with E-state index >= 15 is 0 Å². The zero-order valence-corrected chi connectivity index (χ0v) is 16.1. The Bertz CT molecular complexity index is 702. The Morgan fingerprint density at radius 2 is 1.56 bits per heavy atom. The first kappa shape index (κ1) is 19.8. The molecule has 0 saturated heterocycles. The molecule has 0 aliphatic heterocycles. The number of hydrogen-bond acceptors (Lipinski definition) is 2. The lowest BCUT2D eigenvalue weighted by Crippen LogP contribution is -2.22. The van der Waals surface area contributed by atoms with Gasteiger partial charge in [0.05, 0.1) is 11.7 Å². The van der Waals surface area contributed by atoms with Crippen LogP contribution in [0.3, 0.4) is 0 Å². The fourth-order valence-electron chi connectivity index (χ4n) is 3.80. The van der Waals surface area contributed by atoms with Crippen LogP contribution in [-0.4, -0.2) is 13.2 Å². The summed E-state index contributed by atoms with van der Waals surface area (Å²) in [4.78, 5) is 0. The monoisotopic (exact) mass is 374 g/mol. The molecule has 0 atom stereocenters.